The molecule has 1 aliphatic carbocycles. The molecule has 212 valence electrons. The zero-order valence-corrected chi connectivity index (χ0v) is 24.6. The van der Waals surface area contributed by atoms with Crippen LogP contribution in [0.5, 0.6) is 0 Å². The number of benzene rings is 3. The van der Waals surface area contributed by atoms with E-state index < -0.39 is 11.6 Å². The van der Waals surface area contributed by atoms with Gasteiger partial charge in [-0.25, -0.2) is 9.18 Å². The summed E-state index contributed by atoms with van der Waals surface area (Å²) in [7, 11) is 0. The van der Waals surface area contributed by atoms with Crippen molar-refractivity contribution in [3.8, 4) is 0 Å². The maximum absolute atomic E-state index is 16.0. The number of aromatic carboxylic acids is 1. The Labute approximate surface area is 250 Å². The lowest BCUT2D eigenvalue weighted by molar-refractivity contribution is -0.0228. The fourth-order valence-electron chi connectivity index (χ4n) is 5.83. The molecule has 1 saturated heterocycles. The van der Waals surface area contributed by atoms with Gasteiger partial charge in [0.1, 0.15) is 5.67 Å². The molecule has 3 aromatic carbocycles. The minimum atomic E-state index is -1.50. The number of alkyl halides is 2. The van der Waals surface area contributed by atoms with Crippen LogP contribution in [0, 0.1) is 5.92 Å². The van der Waals surface area contributed by atoms with Crippen LogP contribution in [-0.4, -0.2) is 42.3 Å². The Hall–Kier alpha value is -2.44. The number of hydrogen-bond donors (Lipinski definition) is 1. The summed E-state index contributed by atoms with van der Waals surface area (Å²) in [6, 6.07) is 18.3. The maximum atomic E-state index is 16.0. The first-order chi connectivity index (χ1) is 18.7. The Bertz CT molecular complexity index is 1420. The van der Waals surface area contributed by atoms with Gasteiger partial charge in [0.25, 0.3) is 0 Å². The molecule has 40 heavy (non-hydrogen) atoms. The van der Waals surface area contributed by atoms with Crippen LogP contribution in [0.25, 0.3) is 11.1 Å². The average molecular weight is 607 g/mol. The number of nitrogens with zero attached hydrogens (tertiary/aromatic N) is 1. The van der Waals surface area contributed by atoms with E-state index in [2.05, 4.69) is 4.90 Å². The summed E-state index contributed by atoms with van der Waals surface area (Å²) in [6.45, 7) is 3.19. The SMILES string of the molecule is CC(F)(c1ccc(C2=C(c3ccc(Cl)cc3Cl)CCCc3cc(C(=O)O)ccc32)cc1)C1CN(CCCF)C1.Cl. The predicted molar refractivity (Wildman–Crippen MR) is 161 cm³/mol. The lowest BCUT2D eigenvalue weighted by Crippen LogP contribution is -2.54. The number of carbonyl (C=O) groups is 1. The molecule has 8 heteroatoms. The van der Waals surface area contributed by atoms with Crippen molar-refractivity contribution in [1.82, 2.24) is 4.90 Å². The van der Waals surface area contributed by atoms with Crippen molar-refractivity contribution in [2.24, 2.45) is 5.92 Å². The molecule has 1 N–H and O–H groups in total. The summed E-state index contributed by atoms with van der Waals surface area (Å²) in [5.74, 6) is -1.10. The van der Waals surface area contributed by atoms with E-state index >= 15 is 4.39 Å². The molecule has 1 fully saturated rings. The average Bonchev–Trinajstić information content (AvgIpc) is 3.07. The summed E-state index contributed by atoms with van der Waals surface area (Å²) in [4.78, 5) is 13.8. The number of carboxylic acid groups (broad SMARTS) is 1. The number of carboxylic acids is 1. The van der Waals surface area contributed by atoms with Gasteiger partial charge in [0, 0.05) is 35.6 Å². The van der Waals surface area contributed by atoms with Gasteiger partial charge < -0.3 is 10.0 Å². The molecule has 0 bridgehead atoms. The molecule has 0 aromatic heterocycles. The number of halogens is 5. The van der Waals surface area contributed by atoms with Gasteiger partial charge in [-0.2, -0.15) is 0 Å². The molecular weight excluding hydrogens is 575 g/mol. The summed E-state index contributed by atoms with van der Waals surface area (Å²) in [6.07, 6.45) is 2.78. The van der Waals surface area contributed by atoms with E-state index in [9.17, 15) is 14.3 Å². The molecule has 0 saturated carbocycles. The van der Waals surface area contributed by atoms with Crippen molar-refractivity contribution in [3.63, 3.8) is 0 Å². The van der Waals surface area contributed by atoms with Crippen LogP contribution in [0.2, 0.25) is 10.0 Å². The van der Waals surface area contributed by atoms with Crippen molar-refractivity contribution in [2.45, 2.75) is 38.3 Å². The molecule has 5 rings (SSSR count). The van der Waals surface area contributed by atoms with E-state index in [-0.39, 0.29) is 30.6 Å². The number of aryl methyl sites for hydroxylation is 1. The van der Waals surface area contributed by atoms with Crippen molar-refractivity contribution in [3.05, 3.63) is 104 Å². The topological polar surface area (TPSA) is 40.5 Å². The second kappa shape index (κ2) is 12.6. The Morgan fingerprint density at radius 1 is 1.02 bits per heavy atom. The third kappa shape index (κ3) is 6.08. The summed E-state index contributed by atoms with van der Waals surface area (Å²) in [5, 5.41) is 10.7. The van der Waals surface area contributed by atoms with E-state index in [1.807, 2.05) is 42.5 Å². The molecule has 0 spiro atoms. The highest BCUT2D eigenvalue weighted by atomic mass is 35.5. The maximum Gasteiger partial charge on any atom is 0.335 e. The summed E-state index contributed by atoms with van der Waals surface area (Å²) in [5.41, 5.74) is 5.11. The minimum Gasteiger partial charge on any atom is -0.478 e. The summed E-state index contributed by atoms with van der Waals surface area (Å²) >= 11 is 12.9. The molecule has 2 aliphatic rings. The van der Waals surface area contributed by atoms with Gasteiger partial charge in [0.15, 0.2) is 0 Å². The lowest BCUT2D eigenvalue weighted by Gasteiger charge is -2.45. The Balaban J connectivity index is 0.00000370. The van der Waals surface area contributed by atoms with E-state index in [4.69, 9.17) is 23.2 Å². The second-order valence-electron chi connectivity index (χ2n) is 10.7. The van der Waals surface area contributed by atoms with Crippen LogP contribution in [0.15, 0.2) is 60.7 Å². The third-order valence-corrected chi connectivity index (χ3v) is 8.67. The number of rotatable bonds is 8. The standard InChI is InChI=1S/C32H31Cl2F2NO2.ClH/c1-32(36,24-18-37(19-24)15-3-14-35)23-9-6-20(7-10-23)30-26-12-8-22(31(38)39)16-21(26)4-2-5-28(30)27-13-11-25(33)17-29(27)34;/h6-13,16-17,24H,2-5,14-15,18-19H2,1H3,(H,38,39);1H. The van der Waals surface area contributed by atoms with Crippen LogP contribution in [0.4, 0.5) is 8.78 Å². The highest BCUT2D eigenvalue weighted by Crippen LogP contribution is 2.44. The van der Waals surface area contributed by atoms with E-state index in [1.54, 1.807) is 25.1 Å². The smallest absolute Gasteiger partial charge is 0.335 e. The molecule has 3 aromatic rings. The lowest BCUT2D eigenvalue weighted by atomic mass is 9.78. The first-order valence-corrected chi connectivity index (χ1v) is 14.1. The number of likely N-dealkylation sites (tertiary alicyclic amines) is 1. The fraction of sp³-hybridized carbons (Fsp3) is 0.344. The normalized spacial score (nSPS) is 17.3. The van der Waals surface area contributed by atoms with Gasteiger partial charge in [0.05, 0.1) is 12.2 Å². The van der Waals surface area contributed by atoms with E-state index in [0.717, 1.165) is 52.7 Å². The van der Waals surface area contributed by atoms with Crippen LogP contribution in [-0.2, 0) is 12.1 Å². The Morgan fingerprint density at radius 3 is 2.38 bits per heavy atom. The molecular formula is C32H32Cl3F2NO2. The molecule has 1 heterocycles. The molecule has 1 aliphatic heterocycles. The van der Waals surface area contributed by atoms with Crippen LogP contribution in [0.3, 0.4) is 0 Å². The fourth-order valence-corrected chi connectivity index (χ4v) is 6.35. The van der Waals surface area contributed by atoms with E-state index in [1.165, 1.54) is 0 Å². The molecule has 1 unspecified atom stereocenters. The summed E-state index contributed by atoms with van der Waals surface area (Å²) < 4.78 is 28.5. The highest BCUT2D eigenvalue weighted by molar-refractivity contribution is 6.36. The molecule has 0 amide bonds. The van der Waals surface area contributed by atoms with E-state index in [0.29, 0.717) is 41.7 Å². The Morgan fingerprint density at radius 2 is 1.73 bits per heavy atom. The molecule has 1 atom stereocenters. The zero-order chi connectivity index (χ0) is 27.7. The minimum absolute atomic E-state index is 0. The van der Waals surface area contributed by atoms with Crippen molar-refractivity contribution in [2.75, 3.05) is 26.3 Å². The predicted octanol–water partition coefficient (Wildman–Crippen LogP) is 8.88. The number of fused-ring (bicyclic) bond motifs is 1. The van der Waals surface area contributed by atoms with Crippen molar-refractivity contribution >= 4 is 52.7 Å². The first kappa shape index (κ1) is 30.5. The largest absolute Gasteiger partial charge is 0.478 e. The second-order valence-corrected chi connectivity index (χ2v) is 11.5. The van der Waals surface area contributed by atoms with Crippen LogP contribution >= 0.6 is 35.6 Å². The van der Waals surface area contributed by atoms with Crippen molar-refractivity contribution < 1.29 is 18.7 Å². The van der Waals surface area contributed by atoms with Gasteiger partial charge in [-0.3, -0.25) is 4.39 Å². The van der Waals surface area contributed by atoms with Gasteiger partial charge in [0.2, 0.25) is 0 Å². The zero-order valence-electron chi connectivity index (χ0n) is 22.2. The van der Waals surface area contributed by atoms with Gasteiger partial charge >= 0.3 is 5.97 Å². The quantitative estimate of drug-likeness (QED) is 0.278. The molecule has 0 radical (unpaired) electrons. The third-order valence-electron chi connectivity index (χ3n) is 8.12. The molecule has 3 nitrogen and oxygen atoms in total. The first-order valence-electron chi connectivity index (χ1n) is 13.3. The van der Waals surface area contributed by atoms with Gasteiger partial charge in [-0.1, -0.05) is 59.6 Å². The van der Waals surface area contributed by atoms with Crippen molar-refractivity contribution in [1.29, 1.82) is 0 Å². The highest BCUT2D eigenvalue weighted by Gasteiger charge is 2.43. The number of allylic oxidation sites excluding steroid dienone is 1. The Kier molecular flexibility index (Phi) is 9.62. The van der Waals surface area contributed by atoms with Gasteiger partial charge in [-0.15, -0.1) is 12.4 Å². The number of hydrogen-bond acceptors (Lipinski definition) is 2. The van der Waals surface area contributed by atoms with Gasteiger partial charge in [-0.05, 0) is 95.8 Å². The monoisotopic (exact) mass is 605 g/mol. The van der Waals surface area contributed by atoms with Crippen LogP contribution in [0.1, 0.15) is 64.4 Å². The van der Waals surface area contributed by atoms with Crippen LogP contribution < -0.4 is 0 Å².